The Morgan fingerprint density at radius 3 is 2.50 bits per heavy atom. The summed E-state index contributed by atoms with van der Waals surface area (Å²) >= 11 is 0. The second-order valence-electron chi connectivity index (χ2n) is 3.29. The summed E-state index contributed by atoms with van der Waals surface area (Å²) in [6.45, 7) is 1.78. The second kappa shape index (κ2) is 7.39. The fourth-order valence-electron chi connectivity index (χ4n) is 1.30. The van der Waals surface area contributed by atoms with E-state index in [1.54, 1.807) is 39.3 Å². The molecule has 0 aliphatic carbocycles. The molecule has 0 heterocycles. The quantitative estimate of drug-likeness (QED) is 0.438. The van der Waals surface area contributed by atoms with Gasteiger partial charge in [0.05, 0.1) is 19.9 Å². The molecule has 0 radical (unpaired) electrons. The van der Waals surface area contributed by atoms with Crippen LogP contribution >= 0.6 is 12.4 Å². The molecular weight excluding hydrogens is 256 g/mol. The first kappa shape index (κ1) is 16.1. The van der Waals surface area contributed by atoms with Crippen LogP contribution in [0.15, 0.2) is 23.3 Å². The molecule has 0 atom stereocenters. The molecule has 7 heteroatoms. The number of nitrogens with one attached hydrogen (secondary N) is 2. The molecule has 0 amide bonds. The van der Waals surface area contributed by atoms with Crippen LogP contribution in [0.25, 0.3) is 0 Å². The predicted molar refractivity (Wildman–Crippen MR) is 74.1 cm³/mol. The minimum absolute atomic E-state index is 0. The summed E-state index contributed by atoms with van der Waals surface area (Å²) in [5.41, 5.74) is 8.97. The van der Waals surface area contributed by atoms with Crippen molar-refractivity contribution in [3.63, 3.8) is 0 Å². The van der Waals surface area contributed by atoms with Crippen LogP contribution in [0.3, 0.4) is 0 Å². The Morgan fingerprint density at radius 1 is 1.33 bits per heavy atom. The van der Waals surface area contributed by atoms with Gasteiger partial charge in [0.2, 0.25) is 5.96 Å². The van der Waals surface area contributed by atoms with Crippen LogP contribution in [0.5, 0.6) is 11.5 Å². The Balaban J connectivity index is 0.00000289. The summed E-state index contributed by atoms with van der Waals surface area (Å²) in [6, 6.07) is 5.40. The largest absolute Gasteiger partial charge is 0.497 e. The number of nitrogens with two attached hydrogens (primary N) is 1. The van der Waals surface area contributed by atoms with Crippen LogP contribution in [0, 0.1) is 5.41 Å². The van der Waals surface area contributed by atoms with Gasteiger partial charge >= 0.3 is 0 Å². The topological polar surface area (TPSA) is 92.7 Å². The van der Waals surface area contributed by atoms with E-state index in [2.05, 4.69) is 10.5 Å². The molecule has 0 saturated carbocycles. The number of nitrogens with zero attached hydrogens (tertiary/aromatic N) is 1. The van der Waals surface area contributed by atoms with Crippen LogP contribution in [-0.4, -0.2) is 25.9 Å². The lowest BCUT2D eigenvalue weighted by molar-refractivity contribution is 0.402. The molecule has 6 nitrogen and oxygen atoms in total. The zero-order valence-electron chi connectivity index (χ0n) is 10.5. The predicted octanol–water partition coefficient (Wildman–Crippen LogP) is 1.33. The normalized spacial score (nSPS) is 10.3. The number of hydrazone groups is 1. The number of rotatable bonds is 4. The summed E-state index contributed by atoms with van der Waals surface area (Å²) in [6.07, 6.45) is 0. The first-order valence-electron chi connectivity index (χ1n) is 4.95. The van der Waals surface area contributed by atoms with Crippen LogP contribution in [-0.2, 0) is 0 Å². The molecule has 0 aliphatic heterocycles. The van der Waals surface area contributed by atoms with E-state index < -0.39 is 0 Å². The number of ether oxygens (including phenoxy) is 2. The average molecular weight is 273 g/mol. The van der Waals surface area contributed by atoms with Crippen LogP contribution < -0.4 is 20.6 Å². The van der Waals surface area contributed by atoms with Crippen molar-refractivity contribution in [2.75, 3.05) is 14.2 Å². The Bertz CT molecular complexity index is 449. The molecule has 1 rings (SSSR count). The molecular formula is C11H17ClN4O2. The molecule has 0 unspecified atom stereocenters. The van der Waals surface area contributed by atoms with E-state index in [0.717, 1.165) is 5.56 Å². The Labute approximate surface area is 112 Å². The van der Waals surface area contributed by atoms with Crippen molar-refractivity contribution >= 4 is 24.1 Å². The third-order valence-electron chi connectivity index (χ3n) is 2.14. The summed E-state index contributed by atoms with van der Waals surface area (Å²) in [4.78, 5) is 0. The molecule has 18 heavy (non-hydrogen) atoms. The van der Waals surface area contributed by atoms with Crippen molar-refractivity contribution in [2.24, 2.45) is 10.8 Å². The molecule has 4 N–H and O–H groups in total. The van der Waals surface area contributed by atoms with E-state index in [1.807, 2.05) is 0 Å². The van der Waals surface area contributed by atoms with Gasteiger partial charge in [-0.1, -0.05) is 0 Å². The van der Waals surface area contributed by atoms with Gasteiger partial charge in [0.15, 0.2) is 0 Å². The first-order valence-corrected chi connectivity index (χ1v) is 4.95. The van der Waals surface area contributed by atoms with Gasteiger partial charge in [-0.05, 0) is 25.1 Å². The van der Waals surface area contributed by atoms with E-state index >= 15 is 0 Å². The fraction of sp³-hybridized carbons (Fsp3) is 0.273. The van der Waals surface area contributed by atoms with Gasteiger partial charge in [0, 0.05) is 5.56 Å². The highest BCUT2D eigenvalue weighted by Crippen LogP contribution is 2.24. The highest BCUT2D eigenvalue weighted by atomic mass is 35.5. The van der Waals surface area contributed by atoms with Gasteiger partial charge in [-0.15, -0.1) is 12.4 Å². The molecule has 0 bridgehead atoms. The van der Waals surface area contributed by atoms with Gasteiger partial charge < -0.3 is 15.2 Å². The lowest BCUT2D eigenvalue weighted by Crippen LogP contribution is -2.26. The lowest BCUT2D eigenvalue weighted by atomic mass is 10.1. The van der Waals surface area contributed by atoms with Crippen LogP contribution in [0.1, 0.15) is 12.5 Å². The maximum Gasteiger partial charge on any atom is 0.206 e. The van der Waals surface area contributed by atoms with E-state index in [1.165, 1.54) is 0 Å². The van der Waals surface area contributed by atoms with Gasteiger partial charge in [0.25, 0.3) is 0 Å². The number of methoxy groups -OCH3 is 2. The molecule has 1 aromatic rings. The molecule has 0 aromatic heterocycles. The van der Waals surface area contributed by atoms with E-state index in [0.29, 0.717) is 17.2 Å². The standard InChI is InChI=1S/C11H16N4O2.ClH/c1-7(14-15-11(12)13)9-6-8(16-2)4-5-10(9)17-3;/h4-6H,1-3H3,(H4,12,13,15);1H. The molecule has 0 aliphatic rings. The molecule has 0 saturated heterocycles. The smallest absolute Gasteiger partial charge is 0.206 e. The molecule has 100 valence electrons. The van der Waals surface area contributed by atoms with Crippen molar-refractivity contribution in [1.29, 1.82) is 5.41 Å². The van der Waals surface area contributed by atoms with Crippen molar-refractivity contribution in [1.82, 2.24) is 5.43 Å². The fourth-order valence-corrected chi connectivity index (χ4v) is 1.30. The molecule has 1 aromatic carbocycles. The number of hydrogen-bond donors (Lipinski definition) is 3. The maximum absolute atomic E-state index is 7.03. The number of guanidine groups is 1. The highest BCUT2D eigenvalue weighted by molar-refractivity contribution is 6.01. The third-order valence-corrected chi connectivity index (χ3v) is 2.14. The summed E-state index contributed by atoms with van der Waals surface area (Å²) in [5.74, 6) is 1.17. The van der Waals surface area contributed by atoms with E-state index in [9.17, 15) is 0 Å². The Hall–Kier alpha value is -1.95. The highest BCUT2D eigenvalue weighted by Gasteiger charge is 2.08. The van der Waals surface area contributed by atoms with Gasteiger partial charge in [0.1, 0.15) is 11.5 Å². The van der Waals surface area contributed by atoms with Crippen molar-refractivity contribution < 1.29 is 9.47 Å². The Kier molecular flexibility index (Phi) is 6.59. The van der Waals surface area contributed by atoms with E-state index in [4.69, 9.17) is 20.6 Å². The number of benzene rings is 1. The summed E-state index contributed by atoms with van der Waals surface area (Å²) in [7, 11) is 3.17. The SMILES string of the molecule is COc1ccc(OC)c(C(C)=NNC(=N)N)c1.Cl. The maximum atomic E-state index is 7.03. The molecule has 0 fully saturated rings. The molecule has 0 spiro atoms. The summed E-state index contributed by atoms with van der Waals surface area (Å²) < 4.78 is 10.4. The van der Waals surface area contributed by atoms with Crippen LogP contribution in [0.2, 0.25) is 0 Å². The summed E-state index contributed by atoms with van der Waals surface area (Å²) in [5, 5.41) is 11.0. The average Bonchev–Trinajstić information content (AvgIpc) is 2.34. The van der Waals surface area contributed by atoms with Crippen LogP contribution in [0.4, 0.5) is 0 Å². The minimum Gasteiger partial charge on any atom is -0.497 e. The number of halogens is 1. The van der Waals surface area contributed by atoms with Gasteiger partial charge in [-0.3, -0.25) is 5.41 Å². The number of hydrogen-bond acceptors (Lipinski definition) is 4. The Morgan fingerprint density at radius 2 is 2.00 bits per heavy atom. The van der Waals surface area contributed by atoms with Gasteiger partial charge in [-0.2, -0.15) is 5.10 Å². The van der Waals surface area contributed by atoms with Crippen molar-refractivity contribution in [3.8, 4) is 11.5 Å². The van der Waals surface area contributed by atoms with Gasteiger partial charge in [-0.25, -0.2) is 5.43 Å². The monoisotopic (exact) mass is 272 g/mol. The minimum atomic E-state index is -0.216. The first-order chi connectivity index (χ1) is 8.08. The van der Waals surface area contributed by atoms with Crippen molar-refractivity contribution in [3.05, 3.63) is 23.8 Å². The zero-order chi connectivity index (χ0) is 12.8. The zero-order valence-corrected chi connectivity index (χ0v) is 11.3. The van der Waals surface area contributed by atoms with E-state index in [-0.39, 0.29) is 18.4 Å². The van der Waals surface area contributed by atoms with Crippen molar-refractivity contribution in [2.45, 2.75) is 6.92 Å². The lowest BCUT2D eigenvalue weighted by Gasteiger charge is -2.10. The second-order valence-corrected chi connectivity index (χ2v) is 3.29. The third kappa shape index (κ3) is 4.14.